The summed E-state index contributed by atoms with van der Waals surface area (Å²) in [6, 6.07) is 21.2. The largest absolute Gasteiger partial charge is 0.497 e. The fraction of sp³-hybridized carbons (Fsp3) is 0.276. The average molecular weight is 481 g/mol. The second-order valence-corrected chi connectivity index (χ2v) is 6.86. The molecule has 0 aliphatic heterocycles. The van der Waals surface area contributed by atoms with E-state index in [1.54, 1.807) is 102 Å². The van der Waals surface area contributed by atoms with Crippen LogP contribution in [-0.2, 0) is 0 Å². The van der Waals surface area contributed by atoms with Gasteiger partial charge < -0.3 is 14.2 Å². The number of ketones is 3. The average Bonchev–Trinajstić information content (AvgIpc) is 2.90. The van der Waals surface area contributed by atoms with Gasteiger partial charge in [0.25, 0.3) is 0 Å². The zero-order valence-corrected chi connectivity index (χ0v) is 21.9. The Morgan fingerprint density at radius 3 is 1.11 bits per heavy atom. The van der Waals surface area contributed by atoms with Gasteiger partial charge in [-0.25, -0.2) is 0 Å². The first-order valence-corrected chi connectivity index (χ1v) is 11.2. The van der Waals surface area contributed by atoms with Crippen molar-refractivity contribution in [3.8, 4) is 17.2 Å². The third-order valence-corrected chi connectivity index (χ3v) is 4.47. The van der Waals surface area contributed by atoms with E-state index in [0.29, 0.717) is 16.7 Å². The lowest BCUT2D eigenvalue weighted by Crippen LogP contribution is -1.92. The minimum absolute atomic E-state index is 0.0592. The Labute approximate surface area is 208 Å². The van der Waals surface area contributed by atoms with Crippen molar-refractivity contribution >= 4 is 17.3 Å². The number of rotatable bonds is 6. The number of Topliss-reactive ketones (excluding diaryl/α,β-unsaturated/α-hetero) is 3. The predicted octanol–water partition coefficient (Wildman–Crippen LogP) is 6.72. The molecule has 3 rings (SSSR count). The zero-order valence-electron chi connectivity index (χ0n) is 21.9. The fourth-order valence-electron chi connectivity index (χ4n) is 2.49. The molecular weight excluding hydrogens is 444 g/mol. The Morgan fingerprint density at radius 1 is 0.486 bits per heavy atom. The van der Waals surface area contributed by atoms with Crippen LogP contribution in [0.25, 0.3) is 0 Å². The summed E-state index contributed by atoms with van der Waals surface area (Å²) in [4.78, 5) is 32.5. The van der Waals surface area contributed by atoms with E-state index in [-0.39, 0.29) is 17.3 Å². The molecule has 0 aliphatic carbocycles. The lowest BCUT2D eigenvalue weighted by molar-refractivity contribution is 0.100. The SMILES string of the molecule is CC.COc1ccc(C(C)=O)cc1.COc1ccc(C(C)=O)cc1.COc1cccc(C(C)=O)c1. The molecule has 0 atom stereocenters. The first-order valence-electron chi connectivity index (χ1n) is 11.2. The Bertz CT molecular complexity index is 980. The van der Waals surface area contributed by atoms with Crippen molar-refractivity contribution < 1.29 is 28.6 Å². The summed E-state index contributed by atoms with van der Waals surface area (Å²) >= 11 is 0. The van der Waals surface area contributed by atoms with Crippen LogP contribution in [-0.4, -0.2) is 38.7 Å². The number of methoxy groups -OCH3 is 3. The van der Waals surface area contributed by atoms with Crippen molar-refractivity contribution in [2.75, 3.05) is 21.3 Å². The van der Waals surface area contributed by atoms with Gasteiger partial charge in [-0.05, 0) is 81.4 Å². The number of benzene rings is 3. The molecule has 0 aliphatic rings. The van der Waals surface area contributed by atoms with Gasteiger partial charge in [0, 0.05) is 16.7 Å². The molecule has 0 saturated heterocycles. The van der Waals surface area contributed by atoms with Crippen molar-refractivity contribution in [2.45, 2.75) is 34.6 Å². The number of hydrogen-bond donors (Lipinski definition) is 0. The molecule has 3 aromatic carbocycles. The van der Waals surface area contributed by atoms with E-state index in [4.69, 9.17) is 14.2 Å². The highest BCUT2D eigenvalue weighted by atomic mass is 16.5. The highest BCUT2D eigenvalue weighted by Gasteiger charge is 1.99. The number of hydrogen-bond acceptors (Lipinski definition) is 6. The van der Waals surface area contributed by atoms with Crippen LogP contribution in [0.1, 0.15) is 65.7 Å². The lowest BCUT2D eigenvalue weighted by Gasteiger charge is -1.99. The summed E-state index contributed by atoms with van der Waals surface area (Å²) in [7, 11) is 4.78. The summed E-state index contributed by atoms with van der Waals surface area (Å²) in [5.41, 5.74) is 2.11. The molecule has 0 saturated carbocycles. The van der Waals surface area contributed by atoms with E-state index in [1.165, 1.54) is 6.92 Å². The van der Waals surface area contributed by atoms with E-state index in [2.05, 4.69) is 0 Å². The molecular formula is C29H36O6. The molecule has 6 heteroatoms. The predicted molar refractivity (Wildman–Crippen MR) is 140 cm³/mol. The molecule has 0 fully saturated rings. The first-order chi connectivity index (χ1) is 16.7. The van der Waals surface area contributed by atoms with Crippen molar-refractivity contribution in [2.24, 2.45) is 0 Å². The molecule has 6 nitrogen and oxygen atoms in total. The fourth-order valence-corrected chi connectivity index (χ4v) is 2.49. The molecule has 35 heavy (non-hydrogen) atoms. The Balaban J connectivity index is 0.000000478. The van der Waals surface area contributed by atoms with Crippen molar-refractivity contribution in [1.82, 2.24) is 0 Å². The molecule has 0 radical (unpaired) electrons. The van der Waals surface area contributed by atoms with Crippen LogP contribution in [0.2, 0.25) is 0 Å². The van der Waals surface area contributed by atoms with Gasteiger partial charge in [0.15, 0.2) is 17.3 Å². The molecule has 0 bridgehead atoms. The molecule has 0 unspecified atom stereocenters. The van der Waals surface area contributed by atoms with Crippen LogP contribution in [0.3, 0.4) is 0 Å². The van der Waals surface area contributed by atoms with E-state index >= 15 is 0 Å². The summed E-state index contributed by atoms with van der Waals surface area (Å²) < 4.78 is 14.8. The van der Waals surface area contributed by atoms with E-state index in [1.807, 2.05) is 19.9 Å². The van der Waals surface area contributed by atoms with Gasteiger partial charge in [0.2, 0.25) is 0 Å². The van der Waals surface area contributed by atoms with E-state index in [9.17, 15) is 14.4 Å². The Hall–Kier alpha value is -3.93. The zero-order chi connectivity index (χ0) is 26.8. The maximum absolute atomic E-state index is 10.9. The van der Waals surface area contributed by atoms with Gasteiger partial charge in [-0.15, -0.1) is 0 Å². The lowest BCUT2D eigenvalue weighted by atomic mass is 10.1. The van der Waals surface area contributed by atoms with Crippen molar-refractivity contribution in [3.63, 3.8) is 0 Å². The quantitative estimate of drug-likeness (QED) is 0.364. The van der Waals surface area contributed by atoms with Crippen molar-refractivity contribution in [3.05, 3.63) is 89.5 Å². The number of carbonyl (C=O) groups is 3. The van der Waals surface area contributed by atoms with Gasteiger partial charge in [-0.2, -0.15) is 0 Å². The highest BCUT2D eigenvalue weighted by molar-refractivity contribution is 5.95. The van der Waals surface area contributed by atoms with Crippen LogP contribution in [0.4, 0.5) is 0 Å². The maximum Gasteiger partial charge on any atom is 0.159 e. The molecule has 0 amide bonds. The smallest absolute Gasteiger partial charge is 0.159 e. The second-order valence-electron chi connectivity index (χ2n) is 6.86. The summed E-state index contributed by atoms with van der Waals surface area (Å²) in [5, 5.41) is 0. The van der Waals surface area contributed by atoms with Crippen LogP contribution >= 0.6 is 0 Å². The molecule has 188 valence electrons. The monoisotopic (exact) mass is 480 g/mol. The van der Waals surface area contributed by atoms with Gasteiger partial charge in [0.05, 0.1) is 21.3 Å². The normalized spacial score (nSPS) is 8.91. The molecule has 0 aromatic heterocycles. The Morgan fingerprint density at radius 2 is 0.829 bits per heavy atom. The maximum atomic E-state index is 10.9. The van der Waals surface area contributed by atoms with Gasteiger partial charge >= 0.3 is 0 Å². The molecule has 0 N–H and O–H groups in total. The molecule has 3 aromatic rings. The first kappa shape index (κ1) is 31.1. The van der Waals surface area contributed by atoms with E-state index < -0.39 is 0 Å². The molecule has 0 heterocycles. The third-order valence-electron chi connectivity index (χ3n) is 4.47. The highest BCUT2D eigenvalue weighted by Crippen LogP contribution is 2.13. The van der Waals surface area contributed by atoms with Gasteiger partial charge in [-0.1, -0.05) is 26.0 Å². The minimum atomic E-state index is 0.0592. The summed E-state index contributed by atoms with van der Waals surface area (Å²) in [6.07, 6.45) is 0. The third kappa shape index (κ3) is 12.2. The van der Waals surface area contributed by atoms with Crippen LogP contribution < -0.4 is 14.2 Å². The van der Waals surface area contributed by atoms with Gasteiger partial charge in [-0.3, -0.25) is 14.4 Å². The topological polar surface area (TPSA) is 78.9 Å². The van der Waals surface area contributed by atoms with Crippen LogP contribution in [0.15, 0.2) is 72.8 Å². The van der Waals surface area contributed by atoms with Crippen LogP contribution in [0.5, 0.6) is 17.2 Å². The van der Waals surface area contributed by atoms with Gasteiger partial charge in [0.1, 0.15) is 17.2 Å². The Kier molecular flexibility index (Phi) is 15.6. The second kappa shape index (κ2) is 17.5. The van der Waals surface area contributed by atoms with Crippen molar-refractivity contribution in [1.29, 1.82) is 0 Å². The number of carbonyl (C=O) groups excluding carboxylic acids is 3. The number of ether oxygens (including phenoxy) is 3. The molecule has 0 spiro atoms. The van der Waals surface area contributed by atoms with E-state index in [0.717, 1.165) is 17.2 Å². The minimum Gasteiger partial charge on any atom is -0.497 e. The summed E-state index contributed by atoms with van der Waals surface area (Å²) in [5.74, 6) is 2.48. The summed E-state index contributed by atoms with van der Waals surface area (Å²) in [6.45, 7) is 8.62. The standard InChI is InChI=1S/3C9H10O2.C2H6/c2*1-7(10)8-3-5-9(11-2)6-4-8;1-7(10)8-4-3-5-9(6-8)11-2;1-2/h3*3-6H,1-2H3;1-2H3. The van der Waals surface area contributed by atoms with Crippen LogP contribution in [0, 0.1) is 0 Å².